The number of nitrogens with zero attached hydrogens (tertiary/aromatic N) is 1. The van der Waals surface area contributed by atoms with Gasteiger partial charge >= 0.3 is 5.97 Å². The van der Waals surface area contributed by atoms with Crippen molar-refractivity contribution in [2.24, 2.45) is 5.41 Å². The van der Waals surface area contributed by atoms with Crippen LogP contribution in [0.15, 0.2) is 34.9 Å². The molecule has 2 rings (SSSR count). The van der Waals surface area contributed by atoms with Crippen LogP contribution < -0.4 is 5.32 Å². The minimum atomic E-state index is -1.02. The molecule has 6 heteroatoms. The SMILES string of the molecule is Cc1nc(-c2ccco2)ccc1C(=O)NCC(C)(C)C(=O)O. The van der Waals surface area contributed by atoms with Crippen LogP contribution in [-0.2, 0) is 4.79 Å². The molecule has 2 N–H and O–H groups in total. The van der Waals surface area contributed by atoms with Gasteiger partial charge in [0.15, 0.2) is 5.76 Å². The quantitative estimate of drug-likeness (QED) is 0.885. The molecule has 2 heterocycles. The maximum Gasteiger partial charge on any atom is 0.310 e. The van der Waals surface area contributed by atoms with Crippen LogP contribution in [0.3, 0.4) is 0 Å². The van der Waals surface area contributed by atoms with Crippen LogP contribution in [0.5, 0.6) is 0 Å². The Kier molecular flexibility index (Phi) is 4.30. The summed E-state index contributed by atoms with van der Waals surface area (Å²) in [6.45, 7) is 4.88. The molecular formula is C16H18N2O4. The van der Waals surface area contributed by atoms with Crippen molar-refractivity contribution in [3.8, 4) is 11.5 Å². The molecule has 2 aromatic heterocycles. The number of rotatable bonds is 5. The average Bonchev–Trinajstić information content (AvgIpc) is 2.98. The summed E-state index contributed by atoms with van der Waals surface area (Å²) < 4.78 is 5.27. The van der Waals surface area contributed by atoms with E-state index in [0.29, 0.717) is 22.7 Å². The van der Waals surface area contributed by atoms with Crippen molar-refractivity contribution in [1.82, 2.24) is 10.3 Å². The van der Waals surface area contributed by atoms with Gasteiger partial charge in [-0.05, 0) is 45.0 Å². The van der Waals surface area contributed by atoms with Crippen LogP contribution in [0.4, 0.5) is 0 Å². The van der Waals surface area contributed by atoms with E-state index in [1.165, 1.54) is 0 Å². The lowest BCUT2D eigenvalue weighted by Crippen LogP contribution is -2.39. The summed E-state index contributed by atoms with van der Waals surface area (Å²) >= 11 is 0. The monoisotopic (exact) mass is 302 g/mol. The molecule has 2 aromatic rings. The number of nitrogens with one attached hydrogen (secondary N) is 1. The highest BCUT2D eigenvalue weighted by atomic mass is 16.4. The summed E-state index contributed by atoms with van der Waals surface area (Å²) in [5, 5.41) is 11.7. The average molecular weight is 302 g/mol. The molecule has 0 fully saturated rings. The normalized spacial score (nSPS) is 11.2. The third-order valence-electron chi connectivity index (χ3n) is 3.37. The van der Waals surface area contributed by atoms with Gasteiger partial charge in [-0.2, -0.15) is 0 Å². The van der Waals surface area contributed by atoms with Gasteiger partial charge in [0.05, 0.1) is 22.9 Å². The summed E-state index contributed by atoms with van der Waals surface area (Å²) in [5.74, 6) is -0.678. The molecule has 0 atom stereocenters. The van der Waals surface area contributed by atoms with Crippen LogP contribution in [0.2, 0.25) is 0 Å². The predicted molar refractivity (Wildman–Crippen MR) is 80.4 cm³/mol. The molecule has 1 amide bonds. The Labute approximate surface area is 128 Å². The highest BCUT2D eigenvalue weighted by Crippen LogP contribution is 2.19. The topological polar surface area (TPSA) is 92.4 Å². The fourth-order valence-corrected chi connectivity index (χ4v) is 1.83. The number of furan rings is 1. The molecule has 0 saturated carbocycles. The van der Waals surface area contributed by atoms with E-state index in [0.717, 1.165) is 0 Å². The first-order chi connectivity index (χ1) is 10.3. The number of carboxylic acids is 1. The highest BCUT2D eigenvalue weighted by Gasteiger charge is 2.28. The lowest BCUT2D eigenvalue weighted by Gasteiger charge is -2.19. The van der Waals surface area contributed by atoms with Crippen LogP contribution in [-0.4, -0.2) is 28.5 Å². The van der Waals surface area contributed by atoms with Crippen molar-refractivity contribution in [2.75, 3.05) is 6.54 Å². The first-order valence-electron chi connectivity index (χ1n) is 6.84. The number of pyridine rings is 1. The molecule has 0 bridgehead atoms. The van der Waals surface area contributed by atoms with Crippen LogP contribution in [0.25, 0.3) is 11.5 Å². The fraction of sp³-hybridized carbons (Fsp3) is 0.312. The lowest BCUT2D eigenvalue weighted by atomic mass is 9.94. The first-order valence-corrected chi connectivity index (χ1v) is 6.84. The van der Waals surface area contributed by atoms with Gasteiger partial charge in [0, 0.05) is 6.54 Å². The molecule has 0 aliphatic carbocycles. The molecule has 0 aromatic carbocycles. The van der Waals surface area contributed by atoms with Gasteiger partial charge in [-0.3, -0.25) is 9.59 Å². The standard InChI is InChI=1S/C16H18N2O4/c1-10-11(14(19)17-9-16(2,3)15(20)21)6-7-12(18-10)13-5-4-8-22-13/h4-8H,9H2,1-3H3,(H,17,19)(H,20,21). The van der Waals surface area contributed by atoms with E-state index in [2.05, 4.69) is 10.3 Å². The first kappa shape index (κ1) is 15.8. The Balaban J connectivity index is 2.12. The summed E-state index contributed by atoms with van der Waals surface area (Å²) in [6, 6.07) is 6.91. The number of amides is 1. The van der Waals surface area contributed by atoms with Crippen molar-refractivity contribution in [1.29, 1.82) is 0 Å². The summed E-state index contributed by atoms with van der Waals surface area (Å²) in [7, 11) is 0. The third-order valence-corrected chi connectivity index (χ3v) is 3.37. The molecule has 0 unspecified atom stereocenters. The second-order valence-electron chi connectivity index (χ2n) is 5.68. The number of carboxylic acid groups (broad SMARTS) is 1. The zero-order valence-corrected chi connectivity index (χ0v) is 12.7. The largest absolute Gasteiger partial charge is 0.481 e. The van der Waals surface area contributed by atoms with E-state index in [1.807, 2.05) is 0 Å². The Hall–Kier alpha value is -2.63. The van der Waals surface area contributed by atoms with Crippen LogP contribution in [0, 0.1) is 12.3 Å². The van der Waals surface area contributed by atoms with Gasteiger partial charge in [0.25, 0.3) is 5.91 Å². The van der Waals surface area contributed by atoms with Crippen molar-refractivity contribution < 1.29 is 19.1 Å². The summed E-state index contributed by atoms with van der Waals surface area (Å²) in [4.78, 5) is 27.5. The Morgan fingerprint density at radius 2 is 2.05 bits per heavy atom. The Morgan fingerprint density at radius 1 is 1.32 bits per heavy atom. The van der Waals surface area contributed by atoms with E-state index in [-0.39, 0.29) is 12.5 Å². The molecular weight excluding hydrogens is 284 g/mol. The number of hydrogen-bond acceptors (Lipinski definition) is 4. The number of carbonyl (C=O) groups excluding carboxylic acids is 1. The zero-order valence-electron chi connectivity index (χ0n) is 12.7. The number of carbonyl (C=O) groups is 2. The zero-order chi connectivity index (χ0) is 16.3. The number of aliphatic carboxylic acids is 1. The van der Waals surface area contributed by atoms with Gasteiger partial charge < -0.3 is 14.8 Å². The molecule has 116 valence electrons. The molecule has 0 spiro atoms. The van der Waals surface area contributed by atoms with E-state index in [9.17, 15) is 9.59 Å². The van der Waals surface area contributed by atoms with Gasteiger partial charge in [-0.25, -0.2) is 4.98 Å². The van der Waals surface area contributed by atoms with Gasteiger partial charge in [-0.15, -0.1) is 0 Å². The highest BCUT2D eigenvalue weighted by molar-refractivity contribution is 5.95. The predicted octanol–water partition coefficient (Wildman–Crippen LogP) is 2.49. The molecule has 22 heavy (non-hydrogen) atoms. The minimum absolute atomic E-state index is 0.0422. The smallest absolute Gasteiger partial charge is 0.310 e. The van der Waals surface area contributed by atoms with Crippen LogP contribution >= 0.6 is 0 Å². The van der Waals surface area contributed by atoms with E-state index in [1.54, 1.807) is 51.3 Å². The second-order valence-corrected chi connectivity index (χ2v) is 5.68. The fourth-order valence-electron chi connectivity index (χ4n) is 1.83. The van der Waals surface area contributed by atoms with Crippen LogP contribution in [0.1, 0.15) is 29.9 Å². The Morgan fingerprint density at radius 3 is 2.59 bits per heavy atom. The number of aromatic nitrogens is 1. The van der Waals surface area contributed by atoms with Gasteiger partial charge in [0.1, 0.15) is 5.69 Å². The number of aryl methyl sites for hydroxylation is 1. The summed E-state index contributed by atoms with van der Waals surface area (Å²) in [5.41, 5.74) is 0.589. The van der Waals surface area contributed by atoms with Crippen molar-refractivity contribution in [3.63, 3.8) is 0 Å². The van der Waals surface area contributed by atoms with E-state index < -0.39 is 11.4 Å². The lowest BCUT2D eigenvalue weighted by molar-refractivity contribution is -0.146. The van der Waals surface area contributed by atoms with Crippen molar-refractivity contribution >= 4 is 11.9 Å². The van der Waals surface area contributed by atoms with E-state index >= 15 is 0 Å². The number of hydrogen-bond donors (Lipinski definition) is 2. The van der Waals surface area contributed by atoms with Gasteiger partial charge in [-0.1, -0.05) is 0 Å². The Bertz CT molecular complexity index is 690. The molecule has 0 saturated heterocycles. The molecule has 6 nitrogen and oxygen atoms in total. The van der Waals surface area contributed by atoms with Crippen molar-refractivity contribution in [2.45, 2.75) is 20.8 Å². The van der Waals surface area contributed by atoms with Gasteiger partial charge in [0.2, 0.25) is 0 Å². The maximum atomic E-state index is 12.2. The second kappa shape index (κ2) is 6.01. The molecule has 0 aliphatic heterocycles. The molecule has 0 radical (unpaired) electrons. The van der Waals surface area contributed by atoms with Crippen molar-refractivity contribution in [3.05, 3.63) is 41.8 Å². The maximum absolute atomic E-state index is 12.2. The summed E-state index contributed by atoms with van der Waals surface area (Å²) in [6.07, 6.45) is 1.56. The van der Waals surface area contributed by atoms with E-state index in [4.69, 9.17) is 9.52 Å². The minimum Gasteiger partial charge on any atom is -0.481 e. The third kappa shape index (κ3) is 3.33. The molecule has 0 aliphatic rings.